The molecule has 1 N–H and O–H groups in total. The number of aryl methyl sites for hydroxylation is 1. The van der Waals surface area contributed by atoms with Crippen molar-refractivity contribution in [3.63, 3.8) is 0 Å². The second kappa shape index (κ2) is 8.21. The van der Waals surface area contributed by atoms with Gasteiger partial charge in [-0.15, -0.1) is 11.3 Å². The van der Waals surface area contributed by atoms with E-state index >= 15 is 0 Å². The fourth-order valence-corrected chi connectivity index (χ4v) is 3.93. The van der Waals surface area contributed by atoms with Crippen LogP contribution in [0.5, 0.6) is 0 Å². The van der Waals surface area contributed by atoms with E-state index in [0.717, 1.165) is 43.4 Å². The zero-order valence-electron chi connectivity index (χ0n) is 14.3. The number of fused-ring (bicyclic) bond motifs is 2. The second-order valence-corrected chi connectivity index (χ2v) is 7.22. The first-order valence-electron chi connectivity index (χ1n) is 7.70. The van der Waals surface area contributed by atoms with E-state index in [0.29, 0.717) is 0 Å². The topological polar surface area (TPSA) is 30.9 Å². The third-order valence-corrected chi connectivity index (χ3v) is 5.24. The summed E-state index contributed by atoms with van der Waals surface area (Å²) in [5.74, 6) is 1.12. The first-order chi connectivity index (χ1) is 10.7. The Balaban J connectivity index is 0.00000104. The molecule has 2 aliphatic rings. The molecule has 3 heterocycles. The van der Waals surface area contributed by atoms with Crippen LogP contribution in [0.25, 0.3) is 0 Å². The van der Waals surface area contributed by atoms with Crippen molar-refractivity contribution in [1.82, 2.24) is 9.80 Å². The van der Waals surface area contributed by atoms with E-state index < -0.39 is 0 Å². The smallest absolute Gasteiger partial charge is 1.00 e. The van der Waals surface area contributed by atoms with E-state index in [-0.39, 0.29) is 42.0 Å². The third kappa shape index (κ3) is 3.82. The van der Waals surface area contributed by atoms with Gasteiger partial charge >= 0.3 is 29.6 Å². The van der Waals surface area contributed by atoms with Gasteiger partial charge in [0.25, 0.3) is 0 Å². The van der Waals surface area contributed by atoms with Crippen LogP contribution in [-0.2, 0) is 0 Å². The Morgan fingerprint density at radius 1 is 1.12 bits per heavy atom. The molecule has 1 aromatic carbocycles. The molecule has 4 rings (SSSR count). The summed E-state index contributed by atoms with van der Waals surface area (Å²) in [6.45, 7) is 6.41. The van der Waals surface area contributed by atoms with Crippen molar-refractivity contribution in [3.8, 4) is 0 Å². The van der Waals surface area contributed by atoms with Gasteiger partial charge in [0.1, 0.15) is 10.8 Å². The second-order valence-electron chi connectivity index (χ2n) is 5.97. The minimum Gasteiger partial charge on any atom is -1.00 e. The molecule has 2 aliphatic heterocycles. The number of thiophene rings is 1. The van der Waals surface area contributed by atoms with Gasteiger partial charge in [-0.1, -0.05) is 12.1 Å². The summed E-state index contributed by atoms with van der Waals surface area (Å²) in [7, 11) is 2.18. The van der Waals surface area contributed by atoms with Crippen molar-refractivity contribution in [2.24, 2.45) is 4.99 Å². The van der Waals surface area contributed by atoms with Crippen molar-refractivity contribution in [2.45, 2.75) is 6.92 Å². The summed E-state index contributed by atoms with van der Waals surface area (Å²) in [6.07, 6.45) is 0. The summed E-state index contributed by atoms with van der Waals surface area (Å²) in [5, 5.41) is 4.78. The number of halogens is 1. The van der Waals surface area contributed by atoms with Gasteiger partial charge in [-0.25, -0.2) is 4.99 Å². The largest absolute Gasteiger partial charge is 1.00 e. The molecule has 0 spiro atoms. The number of nitrogens with one attached hydrogen (secondary N) is 1. The van der Waals surface area contributed by atoms with Crippen LogP contribution in [0.3, 0.4) is 0 Å². The Labute approximate surface area is 175 Å². The molecule has 4 nitrogen and oxygen atoms in total. The average molecular weight is 371 g/mol. The van der Waals surface area contributed by atoms with Crippen molar-refractivity contribution in [1.29, 1.82) is 0 Å². The summed E-state index contributed by atoms with van der Waals surface area (Å²) >= 11 is 1.81. The Hall–Kier alpha value is -0.560. The maximum Gasteiger partial charge on any atom is 1.00 e. The number of hydrogen-bond acceptors (Lipinski definition) is 5. The summed E-state index contributed by atoms with van der Waals surface area (Å²) in [5.41, 5.74) is 3.36. The minimum atomic E-state index is 0. The van der Waals surface area contributed by atoms with Gasteiger partial charge in [0, 0.05) is 31.1 Å². The quantitative estimate of drug-likeness (QED) is 0.518. The maximum absolute atomic E-state index is 5.01. The fraction of sp³-hybridized carbons (Fsp3) is 0.353. The number of piperazine rings is 1. The Morgan fingerprint density at radius 2 is 1.83 bits per heavy atom. The molecule has 0 saturated carbocycles. The molecule has 7 heteroatoms. The molecule has 24 heavy (non-hydrogen) atoms. The number of aliphatic imine (C=N–C) groups is 1. The van der Waals surface area contributed by atoms with Crippen LogP contribution in [0.1, 0.15) is 10.4 Å². The van der Waals surface area contributed by atoms with E-state index in [1.165, 1.54) is 15.4 Å². The van der Waals surface area contributed by atoms with Crippen molar-refractivity contribution in [3.05, 3.63) is 40.8 Å². The van der Waals surface area contributed by atoms with E-state index in [1.54, 1.807) is 11.3 Å². The number of hydrogen-bond donors (Lipinski definition) is 1. The zero-order valence-corrected chi connectivity index (χ0v) is 17.9. The van der Waals surface area contributed by atoms with Crippen LogP contribution in [-0.4, -0.2) is 48.9 Å². The average Bonchev–Trinajstić information content (AvgIpc) is 2.80. The molecular weight excluding hydrogens is 351 g/mol. The van der Waals surface area contributed by atoms with Gasteiger partial charge in [-0.05, 0) is 32.2 Å². The zero-order chi connectivity index (χ0) is 15.1. The Kier molecular flexibility index (Phi) is 6.76. The van der Waals surface area contributed by atoms with E-state index in [2.05, 4.69) is 59.4 Å². The van der Waals surface area contributed by atoms with Crippen LogP contribution in [0.2, 0.25) is 0 Å². The molecule has 0 unspecified atom stereocenters. The first-order valence-corrected chi connectivity index (χ1v) is 8.51. The minimum absolute atomic E-state index is 0. The summed E-state index contributed by atoms with van der Waals surface area (Å²) < 4.78 is 0. The molecule has 0 atom stereocenters. The molecule has 1 fully saturated rings. The van der Waals surface area contributed by atoms with Gasteiger partial charge < -0.3 is 27.5 Å². The molecule has 1 aromatic heterocycles. The summed E-state index contributed by atoms with van der Waals surface area (Å²) in [6, 6.07) is 10.6. The van der Waals surface area contributed by atoms with E-state index in [4.69, 9.17) is 4.99 Å². The molecule has 2 aromatic rings. The predicted octanol–water partition coefficient (Wildman–Crippen LogP) is -2.55. The number of amidine groups is 1. The Morgan fingerprint density at radius 3 is 2.58 bits per heavy atom. The van der Waals surface area contributed by atoms with Crippen LogP contribution >= 0.6 is 11.3 Å². The van der Waals surface area contributed by atoms with Crippen molar-refractivity contribution >= 4 is 33.5 Å². The molecular formula is C17H20ClN4NaS. The van der Waals surface area contributed by atoms with Crippen LogP contribution in [0.15, 0.2) is 35.3 Å². The molecule has 0 bridgehead atoms. The number of benzene rings is 1. The van der Waals surface area contributed by atoms with E-state index in [9.17, 15) is 0 Å². The van der Waals surface area contributed by atoms with Crippen molar-refractivity contribution < 1.29 is 42.0 Å². The number of anilines is 2. The molecule has 0 aliphatic carbocycles. The monoisotopic (exact) mass is 370 g/mol. The standard InChI is InChI=1S/C17H20N4S.ClH.Na/c1-12-11-13-16(21-9-7-20(2)8-10-21)18-14-5-3-4-6-15(14)19-17(13)22-12;;/h3-6,11,19H,7-10H2,1-2H3;1H;/q;;+1/p-1. The molecule has 1 saturated heterocycles. The van der Waals surface area contributed by atoms with Gasteiger partial charge in [0.2, 0.25) is 0 Å². The maximum atomic E-state index is 5.01. The van der Waals surface area contributed by atoms with E-state index in [1.807, 2.05) is 0 Å². The van der Waals surface area contributed by atoms with Gasteiger partial charge in [-0.2, -0.15) is 0 Å². The molecule has 122 valence electrons. The molecule has 0 amide bonds. The van der Waals surface area contributed by atoms with Gasteiger partial charge in [0.15, 0.2) is 0 Å². The SMILES string of the molecule is Cc1cc2c(s1)Nc1ccccc1N=C2N1CCN(C)CC1.[Cl-].[Na+]. The number of likely N-dealkylation sites (N-methyl/N-ethyl adjacent to an activating group) is 1. The third-order valence-electron chi connectivity index (χ3n) is 4.28. The first kappa shape index (κ1) is 19.8. The number of rotatable bonds is 0. The normalized spacial score (nSPS) is 16.6. The van der Waals surface area contributed by atoms with Gasteiger partial charge in [0.05, 0.1) is 16.9 Å². The summed E-state index contributed by atoms with van der Waals surface area (Å²) in [4.78, 5) is 11.1. The van der Waals surface area contributed by atoms with Crippen molar-refractivity contribution in [2.75, 3.05) is 38.5 Å². The Bertz CT molecular complexity index is 738. The molecule has 0 radical (unpaired) electrons. The van der Waals surface area contributed by atoms with Crippen LogP contribution in [0, 0.1) is 6.92 Å². The fourth-order valence-electron chi connectivity index (χ4n) is 3.01. The van der Waals surface area contributed by atoms with Crippen LogP contribution < -0.4 is 47.3 Å². The predicted molar refractivity (Wildman–Crippen MR) is 94.0 cm³/mol. The number of para-hydroxylation sites is 2. The van der Waals surface area contributed by atoms with Gasteiger partial charge in [-0.3, -0.25) is 0 Å². The van der Waals surface area contributed by atoms with Crippen LogP contribution in [0.4, 0.5) is 16.4 Å². The number of nitrogens with zero attached hydrogens (tertiary/aromatic N) is 3.